The predicted octanol–water partition coefficient (Wildman–Crippen LogP) is 1.79. The first kappa shape index (κ1) is 18.2. The molecule has 0 atom stereocenters. The van der Waals surface area contributed by atoms with Crippen molar-refractivity contribution in [2.75, 3.05) is 26.3 Å². The summed E-state index contributed by atoms with van der Waals surface area (Å²) in [5, 5.41) is 8.69. The molecule has 4 heterocycles. The monoisotopic (exact) mass is 373 g/mol. The molecular formula is C19H27N5O3. The highest BCUT2D eigenvalue weighted by molar-refractivity contribution is 5.76. The molecule has 1 fully saturated rings. The number of carbonyl (C=O) groups excluding carboxylic acids is 1. The minimum atomic E-state index is 0.172. The van der Waals surface area contributed by atoms with Gasteiger partial charge in [0.15, 0.2) is 5.82 Å². The Balaban J connectivity index is 1.34. The number of carbonyl (C=O) groups is 1. The van der Waals surface area contributed by atoms with Crippen LogP contribution in [0.5, 0.6) is 0 Å². The van der Waals surface area contributed by atoms with Gasteiger partial charge >= 0.3 is 0 Å². The van der Waals surface area contributed by atoms with Gasteiger partial charge in [0, 0.05) is 50.6 Å². The fourth-order valence-corrected chi connectivity index (χ4v) is 3.95. The number of amides is 1. The predicted molar refractivity (Wildman–Crippen MR) is 97.4 cm³/mol. The van der Waals surface area contributed by atoms with Crippen LogP contribution < -0.4 is 0 Å². The minimum Gasteiger partial charge on any atom is -0.381 e. The van der Waals surface area contributed by atoms with E-state index in [1.807, 2.05) is 23.4 Å². The summed E-state index contributed by atoms with van der Waals surface area (Å²) in [6, 6.07) is 0. The Morgan fingerprint density at radius 3 is 2.74 bits per heavy atom. The normalized spacial score (nSPS) is 18.4. The van der Waals surface area contributed by atoms with Crippen molar-refractivity contribution >= 4 is 5.91 Å². The van der Waals surface area contributed by atoms with E-state index in [0.717, 1.165) is 61.1 Å². The molecular weight excluding hydrogens is 346 g/mol. The lowest BCUT2D eigenvalue weighted by molar-refractivity contribution is -0.131. The van der Waals surface area contributed by atoms with Gasteiger partial charge in [-0.25, -0.2) is 9.67 Å². The van der Waals surface area contributed by atoms with Crippen LogP contribution in [0.3, 0.4) is 0 Å². The van der Waals surface area contributed by atoms with Crippen molar-refractivity contribution < 1.29 is 14.1 Å². The van der Waals surface area contributed by atoms with Crippen molar-refractivity contribution in [2.45, 2.75) is 58.4 Å². The van der Waals surface area contributed by atoms with Crippen LogP contribution in [-0.2, 0) is 28.9 Å². The van der Waals surface area contributed by atoms with E-state index in [1.54, 1.807) is 0 Å². The molecule has 4 rings (SSSR count). The van der Waals surface area contributed by atoms with E-state index in [1.165, 1.54) is 0 Å². The Hall–Kier alpha value is -2.22. The average Bonchev–Trinajstić information content (AvgIpc) is 3.17. The van der Waals surface area contributed by atoms with Crippen molar-refractivity contribution in [3.8, 4) is 0 Å². The molecule has 8 nitrogen and oxygen atoms in total. The van der Waals surface area contributed by atoms with Gasteiger partial charge < -0.3 is 14.2 Å². The van der Waals surface area contributed by atoms with E-state index < -0.39 is 0 Å². The Morgan fingerprint density at radius 2 is 2.00 bits per heavy atom. The molecule has 0 radical (unpaired) electrons. The number of ether oxygens (including phenoxy) is 1. The molecule has 0 saturated carbocycles. The Kier molecular flexibility index (Phi) is 5.24. The molecule has 2 aromatic heterocycles. The summed E-state index contributed by atoms with van der Waals surface area (Å²) in [7, 11) is 0. The van der Waals surface area contributed by atoms with E-state index in [9.17, 15) is 4.79 Å². The molecule has 1 saturated heterocycles. The second-order valence-corrected chi connectivity index (χ2v) is 7.43. The number of aryl methyl sites for hydroxylation is 2. The number of aromatic nitrogens is 4. The smallest absolute Gasteiger partial charge is 0.222 e. The van der Waals surface area contributed by atoms with Crippen LogP contribution in [0, 0.1) is 13.8 Å². The molecule has 2 aliphatic heterocycles. The highest BCUT2D eigenvalue weighted by atomic mass is 16.5. The van der Waals surface area contributed by atoms with Crippen LogP contribution in [0.25, 0.3) is 0 Å². The molecule has 0 N–H and O–H groups in total. The molecule has 0 spiro atoms. The Labute approximate surface area is 158 Å². The largest absolute Gasteiger partial charge is 0.381 e. The van der Waals surface area contributed by atoms with Gasteiger partial charge in [0.05, 0.1) is 12.2 Å². The summed E-state index contributed by atoms with van der Waals surface area (Å²) in [5.41, 5.74) is 1.93. The maximum Gasteiger partial charge on any atom is 0.222 e. The molecule has 0 aromatic carbocycles. The topological polar surface area (TPSA) is 86.3 Å². The van der Waals surface area contributed by atoms with Crippen LogP contribution in [0.4, 0.5) is 0 Å². The molecule has 0 aliphatic carbocycles. The first-order valence-electron chi connectivity index (χ1n) is 9.82. The van der Waals surface area contributed by atoms with Crippen LogP contribution in [0.15, 0.2) is 4.52 Å². The van der Waals surface area contributed by atoms with Crippen molar-refractivity contribution in [3.05, 3.63) is 28.7 Å². The lowest BCUT2D eigenvalue weighted by atomic mass is 10.00. The maximum absolute atomic E-state index is 12.7. The molecule has 2 aliphatic rings. The van der Waals surface area contributed by atoms with Gasteiger partial charge in [-0.1, -0.05) is 5.16 Å². The van der Waals surface area contributed by atoms with E-state index in [0.29, 0.717) is 38.4 Å². The number of fused-ring (bicyclic) bond motifs is 1. The van der Waals surface area contributed by atoms with Crippen molar-refractivity contribution in [2.24, 2.45) is 0 Å². The molecule has 0 unspecified atom stereocenters. The Morgan fingerprint density at radius 1 is 1.19 bits per heavy atom. The van der Waals surface area contributed by atoms with Gasteiger partial charge in [-0.2, -0.15) is 5.10 Å². The zero-order valence-electron chi connectivity index (χ0n) is 16.1. The highest BCUT2D eigenvalue weighted by Crippen LogP contribution is 2.25. The second-order valence-electron chi connectivity index (χ2n) is 7.43. The van der Waals surface area contributed by atoms with E-state index >= 15 is 0 Å². The third-order valence-corrected chi connectivity index (χ3v) is 5.66. The molecule has 146 valence electrons. The van der Waals surface area contributed by atoms with Gasteiger partial charge in [-0.3, -0.25) is 4.79 Å². The van der Waals surface area contributed by atoms with Gasteiger partial charge in [0.25, 0.3) is 0 Å². The second kappa shape index (κ2) is 7.80. The quantitative estimate of drug-likeness (QED) is 0.812. The third kappa shape index (κ3) is 3.90. The fourth-order valence-electron chi connectivity index (χ4n) is 3.95. The van der Waals surface area contributed by atoms with Crippen LogP contribution >= 0.6 is 0 Å². The van der Waals surface area contributed by atoms with E-state index in [2.05, 4.69) is 5.16 Å². The number of nitrogens with zero attached hydrogens (tertiary/aromatic N) is 5. The molecule has 27 heavy (non-hydrogen) atoms. The standard InChI is InChI=1S/C19H27N5O3/c1-13-16(14(2)27-22-13)3-4-18(25)23-8-5-17-20-19(21-24(17)10-9-23)15-6-11-26-12-7-15/h15H,3-12H2,1-2H3. The molecule has 1 amide bonds. The SMILES string of the molecule is Cc1noc(C)c1CCC(=O)N1CCc2nc(C3CCOCC3)nn2CC1. The molecule has 2 aromatic rings. The van der Waals surface area contributed by atoms with E-state index in [4.69, 9.17) is 19.3 Å². The van der Waals surface area contributed by atoms with Gasteiger partial charge in [-0.15, -0.1) is 0 Å². The van der Waals surface area contributed by atoms with Crippen molar-refractivity contribution in [3.63, 3.8) is 0 Å². The van der Waals surface area contributed by atoms with Gasteiger partial charge in [0.1, 0.15) is 11.6 Å². The maximum atomic E-state index is 12.7. The first-order valence-corrected chi connectivity index (χ1v) is 9.82. The minimum absolute atomic E-state index is 0.172. The Bertz CT molecular complexity index is 761. The highest BCUT2D eigenvalue weighted by Gasteiger charge is 2.25. The first-order chi connectivity index (χ1) is 13.1. The number of hydrogen-bond donors (Lipinski definition) is 0. The van der Waals surface area contributed by atoms with Gasteiger partial charge in [0.2, 0.25) is 5.91 Å². The lowest BCUT2D eigenvalue weighted by Gasteiger charge is -2.20. The fraction of sp³-hybridized carbons (Fsp3) is 0.684. The zero-order chi connectivity index (χ0) is 18.8. The number of rotatable bonds is 4. The van der Waals surface area contributed by atoms with Gasteiger partial charge in [-0.05, 0) is 33.1 Å². The lowest BCUT2D eigenvalue weighted by Crippen LogP contribution is -2.34. The van der Waals surface area contributed by atoms with Crippen LogP contribution in [0.2, 0.25) is 0 Å². The summed E-state index contributed by atoms with van der Waals surface area (Å²) in [4.78, 5) is 19.4. The van der Waals surface area contributed by atoms with E-state index in [-0.39, 0.29) is 5.91 Å². The third-order valence-electron chi connectivity index (χ3n) is 5.66. The van der Waals surface area contributed by atoms with Crippen molar-refractivity contribution in [1.82, 2.24) is 24.8 Å². The summed E-state index contributed by atoms with van der Waals surface area (Å²) in [6.07, 6.45) is 3.90. The number of hydrogen-bond acceptors (Lipinski definition) is 6. The molecule has 0 bridgehead atoms. The molecule has 8 heteroatoms. The summed E-state index contributed by atoms with van der Waals surface area (Å²) in [5.74, 6) is 3.33. The van der Waals surface area contributed by atoms with Crippen LogP contribution in [0.1, 0.15) is 53.8 Å². The average molecular weight is 373 g/mol. The summed E-state index contributed by atoms with van der Waals surface area (Å²) in [6.45, 7) is 7.50. The van der Waals surface area contributed by atoms with Crippen LogP contribution in [-0.4, -0.2) is 57.0 Å². The van der Waals surface area contributed by atoms with Crippen molar-refractivity contribution in [1.29, 1.82) is 0 Å². The summed E-state index contributed by atoms with van der Waals surface area (Å²) >= 11 is 0. The summed E-state index contributed by atoms with van der Waals surface area (Å²) < 4.78 is 12.6. The zero-order valence-corrected chi connectivity index (χ0v) is 16.1.